The zero-order valence-electron chi connectivity index (χ0n) is 36.9. The molecule has 0 spiro atoms. The van der Waals surface area contributed by atoms with Crippen molar-refractivity contribution < 1.29 is 28.4 Å². The monoisotopic (exact) mass is 830 g/mol. The SMILES string of the molecule is CCOc1cc(C)c(P(c2c(C)cc(OCC)cc2C)c2c(C)cc(OCC)cc2C)c(C)c1.COc1ccc(P(c2ccc(OC)cc2)c2ccc(OC)cc2)cc1. The predicted octanol–water partition coefficient (Wildman–Crippen LogP) is 9.96. The zero-order chi connectivity index (χ0) is 42.6. The minimum absolute atomic E-state index is 0.665. The maximum Gasteiger partial charge on any atom is 0.119 e. The Bertz CT molecular complexity index is 1960. The summed E-state index contributed by atoms with van der Waals surface area (Å²) >= 11 is 0. The average molecular weight is 831 g/mol. The van der Waals surface area contributed by atoms with Crippen LogP contribution in [0.1, 0.15) is 54.2 Å². The number of methoxy groups -OCH3 is 3. The maximum atomic E-state index is 5.87. The van der Waals surface area contributed by atoms with Crippen molar-refractivity contribution >= 4 is 47.7 Å². The Morgan fingerprint density at radius 1 is 0.322 bits per heavy atom. The van der Waals surface area contributed by atoms with E-state index in [-0.39, 0.29) is 0 Å². The van der Waals surface area contributed by atoms with Gasteiger partial charge in [0.05, 0.1) is 41.2 Å². The van der Waals surface area contributed by atoms with Gasteiger partial charge in [-0.25, -0.2) is 0 Å². The van der Waals surface area contributed by atoms with Crippen LogP contribution in [-0.2, 0) is 0 Å². The topological polar surface area (TPSA) is 55.4 Å². The molecule has 0 unspecified atom stereocenters. The van der Waals surface area contributed by atoms with Crippen LogP contribution in [0.5, 0.6) is 34.5 Å². The summed E-state index contributed by atoms with van der Waals surface area (Å²) in [5.74, 6) is 5.42. The molecule has 0 N–H and O–H groups in total. The third kappa shape index (κ3) is 11.0. The lowest BCUT2D eigenvalue weighted by molar-refractivity contribution is 0.339. The highest BCUT2D eigenvalue weighted by atomic mass is 31.1. The molecule has 0 radical (unpaired) electrons. The molecule has 8 heteroatoms. The second kappa shape index (κ2) is 21.3. The lowest BCUT2D eigenvalue weighted by atomic mass is 10.1. The third-order valence-corrected chi connectivity index (χ3v) is 15.9. The first-order valence-electron chi connectivity index (χ1n) is 20.2. The molecule has 0 bridgehead atoms. The molecule has 0 aliphatic carbocycles. The van der Waals surface area contributed by atoms with E-state index in [4.69, 9.17) is 28.4 Å². The summed E-state index contributed by atoms with van der Waals surface area (Å²) in [6, 6.07) is 38.1. The average Bonchev–Trinajstić information content (AvgIpc) is 3.21. The number of ether oxygens (including phenoxy) is 6. The predicted molar refractivity (Wildman–Crippen MR) is 252 cm³/mol. The first-order chi connectivity index (χ1) is 28.5. The largest absolute Gasteiger partial charge is 0.497 e. The highest BCUT2D eigenvalue weighted by Crippen LogP contribution is 2.42. The molecule has 310 valence electrons. The van der Waals surface area contributed by atoms with E-state index in [1.165, 1.54) is 65.2 Å². The van der Waals surface area contributed by atoms with Gasteiger partial charge in [-0.1, -0.05) is 36.4 Å². The molecule has 0 aliphatic rings. The van der Waals surface area contributed by atoms with Gasteiger partial charge in [0, 0.05) is 0 Å². The summed E-state index contributed by atoms with van der Waals surface area (Å²) in [4.78, 5) is 0. The summed E-state index contributed by atoms with van der Waals surface area (Å²) in [7, 11) is 3.59. The van der Waals surface area contributed by atoms with Crippen LogP contribution in [0.2, 0.25) is 0 Å². The minimum atomic E-state index is -0.803. The van der Waals surface area contributed by atoms with Crippen molar-refractivity contribution in [2.75, 3.05) is 41.2 Å². The number of hydrogen-bond donors (Lipinski definition) is 0. The van der Waals surface area contributed by atoms with Crippen LogP contribution in [0.15, 0.2) is 109 Å². The van der Waals surface area contributed by atoms with E-state index in [1.807, 2.05) is 57.2 Å². The highest BCUT2D eigenvalue weighted by molar-refractivity contribution is 7.80. The summed E-state index contributed by atoms with van der Waals surface area (Å²) < 4.78 is 33.5. The Hall–Kier alpha value is -5.02. The van der Waals surface area contributed by atoms with Gasteiger partial charge < -0.3 is 28.4 Å². The van der Waals surface area contributed by atoms with Gasteiger partial charge in [-0.15, -0.1) is 0 Å². The van der Waals surface area contributed by atoms with E-state index in [9.17, 15) is 0 Å². The van der Waals surface area contributed by atoms with Gasteiger partial charge in [-0.2, -0.15) is 0 Å². The van der Waals surface area contributed by atoms with E-state index < -0.39 is 15.8 Å². The van der Waals surface area contributed by atoms with Crippen LogP contribution < -0.4 is 60.2 Å². The molecule has 0 fully saturated rings. The molecule has 59 heavy (non-hydrogen) atoms. The van der Waals surface area contributed by atoms with Gasteiger partial charge in [0.2, 0.25) is 0 Å². The molecule has 0 heterocycles. The molecule has 6 aromatic carbocycles. The lowest BCUT2D eigenvalue weighted by Gasteiger charge is -2.30. The van der Waals surface area contributed by atoms with Crippen LogP contribution >= 0.6 is 15.8 Å². The molecule has 0 saturated heterocycles. The van der Waals surface area contributed by atoms with E-state index in [2.05, 4.69) is 114 Å². The third-order valence-electron chi connectivity index (χ3n) is 9.99. The summed E-state index contributed by atoms with van der Waals surface area (Å²) in [6.07, 6.45) is 0. The van der Waals surface area contributed by atoms with Crippen molar-refractivity contribution in [3.63, 3.8) is 0 Å². The first kappa shape index (κ1) is 45.1. The molecule has 6 aromatic rings. The standard InChI is InChI=1S/C30H39O3P.C21H21O3P/c1-10-31-25-13-19(4)28(20(5)14-25)34(29-21(6)15-26(32-11-2)16-22(29)7)30-23(8)17-27(33-12-3)18-24(30)9;1-22-16-4-10-19(11-5-16)25(20-12-6-17(23-2)7-13-20)21-14-8-18(24-3)9-15-21/h13-18H,10-12H2,1-9H3;4-15H,1-3H3. The fourth-order valence-corrected chi connectivity index (χ4v) is 12.9. The van der Waals surface area contributed by atoms with Crippen LogP contribution in [0.25, 0.3) is 0 Å². The quantitative estimate of drug-likeness (QED) is 0.0962. The number of rotatable bonds is 15. The van der Waals surface area contributed by atoms with Crippen LogP contribution in [-0.4, -0.2) is 41.2 Å². The van der Waals surface area contributed by atoms with Crippen LogP contribution in [0.3, 0.4) is 0 Å². The molecule has 6 nitrogen and oxygen atoms in total. The molecular formula is C51H60O6P2. The fraction of sp³-hybridized carbons (Fsp3) is 0.294. The van der Waals surface area contributed by atoms with Crippen molar-refractivity contribution in [1.82, 2.24) is 0 Å². The Kier molecular flexibility index (Phi) is 16.3. The van der Waals surface area contributed by atoms with Crippen molar-refractivity contribution in [2.24, 2.45) is 0 Å². The fourth-order valence-electron chi connectivity index (χ4n) is 7.53. The molecule has 0 saturated carbocycles. The minimum Gasteiger partial charge on any atom is -0.497 e. The summed E-state index contributed by atoms with van der Waals surface area (Å²) in [5, 5.41) is 8.03. The Balaban J connectivity index is 0.000000235. The molecule has 6 rings (SSSR count). The Labute approximate surface area is 355 Å². The highest BCUT2D eigenvalue weighted by Gasteiger charge is 2.28. The van der Waals surface area contributed by atoms with Crippen LogP contribution in [0.4, 0.5) is 0 Å². The van der Waals surface area contributed by atoms with Gasteiger partial charge in [-0.05, 0) is 216 Å². The first-order valence-corrected chi connectivity index (χ1v) is 22.9. The molecule has 0 aromatic heterocycles. The molecule has 0 amide bonds. The number of benzene rings is 6. The number of hydrogen-bond acceptors (Lipinski definition) is 6. The Morgan fingerprint density at radius 2 is 0.542 bits per heavy atom. The van der Waals surface area contributed by atoms with Gasteiger partial charge >= 0.3 is 0 Å². The molecular weight excluding hydrogens is 771 g/mol. The second-order valence-electron chi connectivity index (χ2n) is 14.3. The van der Waals surface area contributed by atoms with Gasteiger partial charge in [0.1, 0.15) is 34.5 Å². The van der Waals surface area contributed by atoms with E-state index >= 15 is 0 Å². The number of aryl methyl sites for hydroxylation is 6. The summed E-state index contributed by atoms with van der Waals surface area (Å²) in [5.41, 5.74) is 7.64. The van der Waals surface area contributed by atoms with E-state index in [1.54, 1.807) is 21.3 Å². The van der Waals surface area contributed by atoms with Crippen molar-refractivity contribution in [3.05, 3.63) is 143 Å². The smallest absolute Gasteiger partial charge is 0.119 e. The molecule has 0 aliphatic heterocycles. The van der Waals surface area contributed by atoms with Gasteiger partial charge in [0.25, 0.3) is 0 Å². The van der Waals surface area contributed by atoms with Crippen molar-refractivity contribution in [2.45, 2.75) is 62.3 Å². The van der Waals surface area contributed by atoms with Crippen LogP contribution in [0, 0.1) is 41.5 Å². The second-order valence-corrected chi connectivity index (χ2v) is 18.5. The van der Waals surface area contributed by atoms with Crippen molar-refractivity contribution in [1.29, 1.82) is 0 Å². The van der Waals surface area contributed by atoms with Crippen molar-refractivity contribution in [3.8, 4) is 34.5 Å². The molecule has 0 atom stereocenters. The zero-order valence-corrected chi connectivity index (χ0v) is 38.6. The normalized spacial score (nSPS) is 10.9. The Morgan fingerprint density at radius 3 is 0.729 bits per heavy atom. The van der Waals surface area contributed by atoms with E-state index in [0.29, 0.717) is 19.8 Å². The van der Waals surface area contributed by atoms with E-state index in [0.717, 1.165) is 34.5 Å². The summed E-state index contributed by atoms with van der Waals surface area (Å²) in [6.45, 7) is 21.4. The van der Waals surface area contributed by atoms with Gasteiger partial charge in [-0.3, -0.25) is 0 Å². The maximum absolute atomic E-state index is 5.87. The van der Waals surface area contributed by atoms with Gasteiger partial charge in [0.15, 0.2) is 0 Å². The lowest BCUT2D eigenvalue weighted by Crippen LogP contribution is -2.30.